The summed E-state index contributed by atoms with van der Waals surface area (Å²) in [6.45, 7) is 19.0. The molecule has 2 aliphatic heterocycles. The summed E-state index contributed by atoms with van der Waals surface area (Å²) in [6, 6.07) is 13.0. The Bertz CT molecular complexity index is 1880. The number of fused-ring (bicyclic) bond motifs is 3. The van der Waals surface area contributed by atoms with Crippen molar-refractivity contribution in [2.75, 3.05) is 6.54 Å². The summed E-state index contributed by atoms with van der Waals surface area (Å²) in [5.74, 6) is -3.32. The quantitative estimate of drug-likeness (QED) is 0.272. The summed E-state index contributed by atoms with van der Waals surface area (Å²) in [4.78, 5) is 29.2. The second-order valence-corrected chi connectivity index (χ2v) is 17.5. The molecule has 0 radical (unpaired) electrons. The summed E-state index contributed by atoms with van der Waals surface area (Å²) in [7, 11) is 0. The topological polar surface area (TPSA) is 79.2 Å². The molecule has 0 unspecified atom stereocenters. The Kier molecular flexibility index (Phi) is 7.54. The first kappa shape index (κ1) is 34.7. The van der Waals surface area contributed by atoms with Gasteiger partial charge in [-0.3, -0.25) is 4.90 Å². The Morgan fingerprint density at radius 1 is 0.780 bits per heavy atom. The second kappa shape index (κ2) is 10.9. The number of rotatable bonds is 3. The van der Waals surface area contributed by atoms with Crippen LogP contribution in [0, 0.1) is 5.41 Å². The molecule has 4 aliphatic rings. The molecule has 1 saturated carbocycles. The molecule has 10 heteroatoms. The molecule has 1 atom stereocenters. The zero-order chi connectivity index (χ0) is 36.4. The number of amides is 1. The van der Waals surface area contributed by atoms with Crippen molar-refractivity contribution >= 4 is 12.2 Å². The summed E-state index contributed by atoms with van der Waals surface area (Å²) in [5.41, 5.74) is -0.244. The zero-order valence-corrected chi connectivity index (χ0v) is 30.7. The molecule has 2 saturated heterocycles. The van der Waals surface area contributed by atoms with Crippen molar-refractivity contribution in [1.82, 2.24) is 9.47 Å². The third-order valence-corrected chi connectivity index (χ3v) is 10.8. The predicted molar refractivity (Wildman–Crippen MR) is 185 cm³/mol. The molecule has 7 rings (SSSR count). The number of aromatic nitrogens is 1. The van der Waals surface area contributed by atoms with Crippen LogP contribution in [0.3, 0.4) is 0 Å². The number of alkyl halides is 2. The maximum absolute atomic E-state index is 16.5. The van der Waals surface area contributed by atoms with Crippen molar-refractivity contribution in [2.45, 2.75) is 129 Å². The monoisotopic (exact) mass is 690 g/mol. The van der Waals surface area contributed by atoms with E-state index in [-0.39, 0.29) is 16.5 Å². The Hall–Kier alpha value is -3.76. The van der Waals surface area contributed by atoms with Crippen LogP contribution in [0.4, 0.5) is 18.4 Å². The average Bonchev–Trinajstić information content (AvgIpc) is 3.24. The van der Waals surface area contributed by atoms with Crippen molar-refractivity contribution in [3.05, 3.63) is 70.9 Å². The Morgan fingerprint density at radius 3 is 1.92 bits per heavy atom. The van der Waals surface area contributed by atoms with Gasteiger partial charge in [-0.15, -0.1) is 0 Å². The largest absolute Gasteiger partial charge is 0.444 e. The molecule has 8 nitrogen and oxygen atoms in total. The second-order valence-electron chi connectivity index (χ2n) is 17.5. The molecule has 1 amide bonds. The van der Waals surface area contributed by atoms with E-state index in [1.807, 2.05) is 48.5 Å². The Balaban J connectivity index is 1.28. The highest BCUT2D eigenvalue weighted by Gasteiger charge is 2.55. The van der Waals surface area contributed by atoms with E-state index in [4.69, 9.17) is 18.9 Å². The van der Waals surface area contributed by atoms with Gasteiger partial charge in [0.25, 0.3) is 5.92 Å². The van der Waals surface area contributed by atoms with E-state index in [1.54, 1.807) is 62.1 Å². The molecule has 1 spiro atoms. The van der Waals surface area contributed by atoms with Crippen LogP contribution in [0.2, 0.25) is 0 Å². The Morgan fingerprint density at radius 2 is 1.34 bits per heavy atom. The molecule has 2 aromatic carbocycles. The number of carbonyl (C=O) groups is 2. The summed E-state index contributed by atoms with van der Waals surface area (Å²) in [5, 5.41) is 0. The highest BCUT2D eigenvalue weighted by atomic mass is 19.3. The fraction of sp³-hybridized carbons (Fsp3) is 0.550. The van der Waals surface area contributed by atoms with Gasteiger partial charge in [0.05, 0.1) is 28.6 Å². The number of benzene rings is 2. The van der Waals surface area contributed by atoms with E-state index < -0.39 is 52.8 Å². The van der Waals surface area contributed by atoms with E-state index in [2.05, 4.69) is 0 Å². The van der Waals surface area contributed by atoms with Crippen LogP contribution in [-0.2, 0) is 24.9 Å². The number of ether oxygens (including phenoxy) is 4. The lowest BCUT2D eigenvalue weighted by Gasteiger charge is -2.30. The number of halogens is 2. The number of nitrogens with zero attached hydrogens (tertiary/aromatic N) is 2. The van der Waals surface area contributed by atoms with Gasteiger partial charge in [-0.1, -0.05) is 24.3 Å². The third-order valence-electron chi connectivity index (χ3n) is 10.8. The minimum Gasteiger partial charge on any atom is -0.444 e. The van der Waals surface area contributed by atoms with E-state index in [0.717, 1.165) is 12.8 Å². The molecule has 3 fully saturated rings. The van der Waals surface area contributed by atoms with E-state index >= 15 is 8.78 Å². The maximum Gasteiger partial charge on any atom is 0.419 e. The number of hydrogen-bond donors (Lipinski definition) is 0. The van der Waals surface area contributed by atoms with Crippen molar-refractivity contribution in [3.8, 4) is 22.4 Å². The molecule has 3 heterocycles. The maximum atomic E-state index is 16.5. The number of hydrogen-bond acceptors (Lipinski definition) is 6. The van der Waals surface area contributed by atoms with Gasteiger partial charge < -0.3 is 18.9 Å². The molecule has 0 N–H and O–H groups in total. The minimum absolute atomic E-state index is 0.0227. The predicted octanol–water partition coefficient (Wildman–Crippen LogP) is 10.1. The van der Waals surface area contributed by atoms with E-state index in [1.165, 1.54) is 16.7 Å². The van der Waals surface area contributed by atoms with Gasteiger partial charge in [-0.05, 0) is 135 Å². The fourth-order valence-electron chi connectivity index (χ4n) is 7.35. The average molecular weight is 691 g/mol. The van der Waals surface area contributed by atoms with Gasteiger partial charge in [-0.2, -0.15) is 8.78 Å². The minimum atomic E-state index is -3.32. The molecule has 2 aliphatic carbocycles. The zero-order valence-electron chi connectivity index (χ0n) is 30.7. The van der Waals surface area contributed by atoms with Crippen molar-refractivity contribution in [1.29, 1.82) is 0 Å². The first-order valence-corrected chi connectivity index (χ1v) is 17.5. The first-order valence-electron chi connectivity index (χ1n) is 17.5. The summed E-state index contributed by atoms with van der Waals surface area (Å²) >= 11 is 0. The molecule has 0 bridgehead atoms. The number of carbonyl (C=O) groups excluding carboxylic acids is 2. The van der Waals surface area contributed by atoms with Crippen LogP contribution >= 0.6 is 0 Å². The molecule has 50 heavy (non-hydrogen) atoms. The smallest absolute Gasteiger partial charge is 0.419 e. The molecule has 1 aromatic heterocycles. The lowest BCUT2D eigenvalue weighted by molar-refractivity contribution is -0.0897. The van der Waals surface area contributed by atoms with E-state index in [9.17, 15) is 9.59 Å². The molecular formula is C40H48F2N2O6. The molecular weight excluding hydrogens is 642 g/mol. The van der Waals surface area contributed by atoms with Gasteiger partial charge in [0.1, 0.15) is 11.2 Å². The molecule has 268 valence electrons. The number of likely N-dealkylation sites (tertiary alicyclic amines) is 1. The lowest BCUT2D eigenvalue weighted by Crippen LogP contribution is -2.41. The molecule has 3 aromatic rings. The third kappa shape index (κ3) is 5.82. The van der Waals surface area contributed by atoms with Gasteiger partial charge in [-0.25, -0.2) is 14.2 Å². The van der Waals surface area contributed by atoms with Crippen LogP contribution in [0.5, 0.6) is 0 Å². The first-order chi connectivity index (χ1) is 23.0. The SMILES string of the molecule is CC(C)(C)OC(=O)N1CC2(CC2)C[C@H]1c1ccc(-c2ccc3c(c2)C(F)(F)c2cc(C4OC(C)(C)C(C)(C)O4)ccc2-3)n1C(=O)OC(C)(C)C. The highest BCUT2D eigenvalue weighted by molar-refractivity contribution is 5.85. The van der Waals surface area contributed by atoms with Crippen LogP contribution in [0.1, 0.15) is 123 Å². The van der Waals surface area contributed by atoms with Crippen LogP contribution in [-0.4, -0.2) is 50.6 Å². The van der Waals surface area contributed by atoms with Crippen molar-refractivity contribution < 1.29 is 37.3 Å². The van der Waals surface area contributed by atoms with Crippen LogP contribution in [0.25, 0.3) is 22.4 Å². The van der Waals surface area contributed by atoms with Gasteiger partial charge >= 0.3 is 12.2 Å². The fourth-order valence-corrected chi connectivity index (χ4v) is 7.35. The van der Waals surface area contributed by atoms with Crippen LogP contribution in [0.15, 0.2) is 48.5 Å². The highest BCUT2D eigenvalue weighted by Crippen LogP contribution is 2.59. The summed E-state index contributed by atoms with van der Waals surface area (Å²) in [6.07, 6.45) is 0.775. The standard InChI is InChI=1S/C40H48F2N2O6/c1-35(2,3)49-33(45)43-22-39(17-18-39)21-31(43)30-16-15-29(44(30)34(46)50-36(4,5)6)23-11-13-25-26-14-12-24(20-28(26)40(41,42)27(25)19-23)32-47-37(7,8)38(9,10)48-32/h11-16,19-20,31-32H,17-18,21-22H2,1-10H3/t31-/m0/s1. The lowest BCUT2D eigenvalue weighted by atomic mass is 9.90. The van der Waals surface area contributed by atoms with E-state index in [0.29, 0.717) is 46.6 Å². The van der Waals surface area contributed by atoms with Gasteiger partial charge in [0, 0.05) is 23.2 Å². The van der Waals surface area contributed by atoms with Crippen molar-refractivity contribution in [2.24, 2.45) is 5.41 Å². The van der Waals surface area contributed by atoms with Gasteiger partial charge in [0.15, 0.2) is 6.29 Å². The Labute approximate surface area is 293 Å². The normalized spacial score (nSPS) is 22.8. The van der Waals surface area contributed by atoms with Crippen molar-refractivity contribution in [3.63, 3.8) is 0 Å². The van der Waals surface area contributed by atoms with Gasteiger partial charge in [0.2, 0.25) is 0 Å². The van der Waals surface area contributed by atoms with Crippen LogP contribution < -0.4 is 0 Å². The summed E-state index contributed by atoms with van der Waals surface area (Å²) < 4.78 is 58.4.